The first-order valence-corrected chi connectivity index (χ1v) is 10.1. The van der Waals surface area contributed by atoms with Crippen LogP contribution >= 0.6 is 0 Å². The molecule has 0 amide bonds. The normalized spacial score (nSPS) is 12.9. The Bertz CT molecular complexity index is 876. The van der Waals surface area contributed by atoms with Crippen LogP contribution in [0.1, 0.15) is 33.5 Å². The Morgan fingerprint density at radius 2 is 1.73 bits per heavy atom. The minimum atomic E-state index is -5.22. The number of esters is 2. The first-order chi connectivity index (χ1) is 13.8. The molecule has 0 saturated heterocycles. The molecule has 0 aliphatic rings. The molecule has 1 unspecified atom stereocenters. The van der Waals surface area contributed by atoms with Crippen LogP contribution in [0.3, 0.4) is 0 Å². The molecule has 6 radical (unpaired) electrons. The molecule has 158 valence electrons. The van der Waals surface area contributed by atoms with Crippen LogP contribution in [0.4, 0.5) is 13.2 Å². The van der Waals surface area contributed by atoms with E-state index in [4.69, 9.17) is 32.8 Å². The van der Waals surface area contributed by atoms with Crippen LogP contribution in [0, 0.1) is 0 Å². The van der Waals surface area contributed by atoms with Crippen LogP contribution < -0.4 is 0 Å². The van der Waals surface area contributed by atoms with Gasteiger partial charge < -0.3 is 9.47 Å². The highest BCUT2D eigenvalue weighted by molar-refractivity contribution is 7.85. The van der Waals surface area contributed by atoms with E-state index < -0.39 is 53.1 Å². The highest BCUT2D eigenvalue weighted by atomic mass is 32.2. The number of alkyl halides is 3. The van der Waals surface area contributed by atoms with Gasteiger partial charge in [-0.05, 0) is 11.6 Å². The van der Waals surface area contributed by atoms with Crippen molar-refractivity contribution in [3.63, 3.8) is 0 Å². The van der Waals surface area contributed by atoms with Crippen molar-refractivity contribution in [2.24, 2.45) is 0 Å². The van der Waals surface area contributed by atoms with Crippen molar-refractivity contribution >= 4 is 45.6 Å². The maximum atomic E-state index is 12.7. The van der Waals surface area contributed by atoms with E-state index in [0.29, 0.717) is 16.7 Å². The van der Waals surface area contributed by atoms with Gasteiger partial charge in [0.1, 0.15) is 12.4 Å². The van der Waals surface area contributed by atoms with Gasteiger partial charge in [-0.2, -0.15) is 21.6 Å². The maximum absolute atomic E-state index is 12.7. The van der Waals surface area contributed by atoms with Gasteiger partial charge in [-0.25, -0.2) is 4.79 Å². The Morgan fingerprint density at radius 1 is 1.10 bits per heavy atom. The molecule has 1 aromatic carbocycles. The van der Waals surface area contributed by atoms with Crippen molar-refractivity contribution in [2.45, 2.75) is 37.7 Å². The molecular weight excluding hydrogens is 426 g/mol. The first-order valence-electron chi connectivity index (χ1n) is 8.45. The fraction of sp³-hybridized carbons (Fsp3) is 0.500. The smallest absolute Gasteiger partial charge is 0.426 e. The van der Waals surface area contributed by atoms with E-state index in [1.54, 1.807) is 6.07 Å². The number of hydrogen-bond acceptors (Lipinski definition) is 6. The molecule has 0 bridgehead atoms. The molecule has 1 N–H and O–H groups in total. The van der Waals surface area contributed by atoms with Crippen LogP contribution in [-0.4, -0.2) is 73.1 Å². The summed E-state index contributed by atoms with van der Waals surface area (Å²) in [5.41, 5.74) is 1.57. The summed E-state index contributed by atoms with van der Waals surface area (Å²) in [6.07, 6.45) is -8.96. The standard InChI is InChI=1S/C16H16B3F3O7S/c17-5-9-3-10(6-18)12(7-19)11(4-9)15(24)28-2-1-14(23)29-13(16(20,21)22)8-30(25,26)27/h3-4,13H,1-2,5-8H2,(H,25,26,27). The van der Waals surface area contributed by atoms with E-state index in [9.17, 15) is 31.2 Å². The second-order valence-corrected chi connectivity index (χ2v) is 7.55. The van der Waals surface area contributed by atoms with E-state index >= 15 is 0 Å². The van der Waals surface area contributed by atoms with Crippen LogP contribution in [0.15, 0.2) is 12.1 Å². The number of halogens is 3. The number of hydrogen-bond donors (Lipinski definition) is 1. The molecule has 0 spiro atoms. The summed E-state index contributed by atoms with van der Waals surface area (Å²) in [4.78, 5) is 23.9. The molecule has 0 aliphatic carbocycles. The molecule has 14 heteroatoms. The summed E-state index contributed by atoms with van der Waals surface area (Å²) in [5.74, 6) is -4.24. The van der Waals surface area contributed by atoms with Gasteiger partial charge in [0, 0.05) is 0 Å². The zero-order valence-electron chi connectivity index (χ0n) is 15.6. The van der Waals surface area contributed by atoms with E-state index in [2.05, 4.69) is 4.74 Å². The summed E-state index contributed by atoms with van der Waals surface area (Å²) in [6.45, 7) is -0.650. The van der Waals surface area contributed by atoms with Crippen LogP contribution in [-0.2, 0) is 43.3 Å². The minimum absolute atomic E-state index is 0.0489. The Hall–Kier alpha value is -1.95. The molecule has 0 aromatic heterocycles. The van der Waals surface area contributed by atoms with Crippen molar-refractivity contribution in [1.82, 2.24) is 0 Å². The van der Waals surface area contributed by atoms with Crippen molar-refractivity contribution < 1.29 is 45.2 Å². The summed E-state index contributed by atoms with van der Waals surface area (Å²) >= 11 is 0. The highest BCUT2D eigenvalue weighted by Crippen LogP contribution is 2.25. The summed E-state index contributed by atoms with van der Waals surface area (Å²) in [5, 5.41) is 0. The highest BCUT2D eigenvalue weighted by Gasteiger charge is 2.45. The number of ether oxygens (including phenoxy) is 2. The summed E-state index contributed by atoms with van der Waals surface area (Å²) in [7, 11) is 11.8. The first kappa shape index (κ1) is 26.1. The lowest BCUT2D eigenvalue weighted by molar-refractivity contribution is -0.215. The average molecular weight is 442 g/mol. The molecule has 1 rings (SSSR count). The zero-order valence-corrected chi connectivity index (χ0v) is 16.5. The van der Waals surface area contributed by atoms with Crippen LogP contribution in [0.25, 0.3) is 0 Å². The topological polar surface area (TPSA) is 107 Å². The van der Waals surface area contributed by atoms with Gasteiger partial charge in [0.05, 0.1) is 35.5 Å². The van der Waals surface area contributed by atoms with Crippen LogP contribution in [0.5, 0.6) is 0 Å². The SMILES string of the molecule is [B]Cc1cc(C[B])c(C[B])c(C(=O)OCCC(=O)OC(CS(=O)(=O)O)C(F)(F)F)c1. The van der Waals surface area contributed by atoms with Gasteiger partial charge in [-0.3, -0.25) is 9.35 Å². The zero-order chi connectivity index (χ0) is 23.1. The predicted octanol–water partition coefficient (Wildman–Crippen LogP) is 0.601. The predicted molar refractivity (Wildman–Crippen MR) is 102 cm³/mol. The maximum Gasteiger partial charge on any atom is 0.426 e. The third-order valence-electron chi connectivity index (χ3n) is 3.82. The van der Waals surface area contributed by atoms with Gasteiger partial charge in [0.25, 0.3) is 10.1 Å². The van der Waals surface area contributed by atoms with Gasteiger partial charge in [0.15, 0.2) is 0 Å². The number of carbonyl (C=O) groups is 2. The lowest BCUT2D eigenvalue weighted by Gasteiger charge is -2.19. The molecule has 0 saturated carbocycles. The third kappa shape index (κ3) is 8.06. The second kappa shape index (κ2) is 10.9. The Morgan fingerprint density at radius 3 is 2.20 bits per heavy atom. The van der Waals surface area contributed by atoms with Gasteiger partial charge in [-0.1, -0.05) is 36.2 Å². The molecule has 1 atom stereocenters. The van der Waals surface area contributed by atoms with Gasteiger partial charge in [0.2, 0.25) is 6.10 Å². The number of benzene rings is 1. The Balaban J connectivity index is 2.79. The van der Waals surface area contributed by atoms with E-state index in [0.717, 1.165) is 0 Å². The minimum Gasteiger partial charge on any atom is -0.461 e. The molecular formula is C16H16B3F3O7S. The fourth-order valence-electron chi connectivity index (χ4n) is 2.43. The number of carbonyl (C=O) groups excluding carboxylic acids is 2. The van der Waals surface area contributed by atoms with Crippen molar-refractivity contribution in [1.29, 1.82) is 0 Å². The van der Waals surface area contributed by atoms with Gasteiger partial charge >= 0.3 is 18.1 Å². The van der Waals surface area contributed by atoms with E-state index in [1.165, 1.54) is 6.07 Å². The molecule has 0 heterocycles. The van der Waals surface area contributed by atoms with Crippen molar-refractivity contribution in [3.8, 4) is 0 Å². The second-order valence-electron chi connectivity index (χ2n) is 6.05. The van der Waals surface area contributed by atoms with E-state index in [-0.39, 0.29) is 24.5 Å². The third-order valence-corrected chi connectivity index (χ3v) is 4.55. The lowest BCUT2D eigenvalue weighted by Crippen LogP contribution is -2.39. The molecule has 30 heavy (non-hydrogen) atoms. The van der Waals surface area contributed by atoms with E-state index in [1.807, 2.05) is 0 Å². The van der Waals surface area contributed by atoms with Crippen molar-refractivity contribution in [3.05, 3.63) is 34.4 Å². The largest absolute Gasteiger partial charge is 0.461 e. The molecule has 7 nitrogen and oxygen atoms in total. The Labute approximate surface area is 175 Å². The fourth-order valence-corrected chi connectivity index (χ4v) is 3.07. The molecule has 0 fully saturated rings. The summed E-state index contributed by atoms with van der Waals surface area (Å²) in [6, 6.07) is 3.09. The van der Waals surface area contributed by atoms with Crippen LogP contribution in [0.2, 0.25) is 0 Å². The quantitative estimate of drug-likeness (QED) is 0.322. The van der Waals surface area contributed by atoms with Gasteiger partial charge in [-0.15, -0.1) is 0 Å². The molecule has 1 aromatic rings. The molecule has 0 aliphatic heterocycles. The lowest BCUT2D eigenvalue weighted by atomic mass is 9.81. The monoisotopic (exact) mass is 442 g/mol. The average Bonchev–Trinajstić information content (AvgIpc) is 2.64. The number of rotatable bonds is 10. The van der Waals surface area contributed by atoms with Crippen molar-refractivity contribution in [2.75, 3.05) is 12.4 Å². The Kier molecular flexibility index (Phi) is 9.48. The summed E-state index contributed by atoms with van der Waals surface area (Å²) < 4.78 is 77.0.